The van der Waals surface area contributed by atoms with Crippen LogP contribution in [-0.2, 0) is 23.7 Å². The van der Waals surface area contributed by atoms with Gasteiger partial charge in [-0.05, 0) is 31.2 Å². The molecule has 0 amide bonds. The van der Waals surface area contributed by atoms with Gasteiger partial charge in [-0.1, -0.05) is 0 Å². The van der Waals surface area contributed by atoms with E-state index in [1.807, 2.05) is 0 Å². The Bertz CT molecular complexity index is 1780. The Morgan fingerprint density at radius 3 is 1.96 bits per heavy atom. The zero-order chi connectivity index (χ0) is 38.5. The molecule has 0 bridgehead atoms. The minimum absolute atomic E-state index is 0.136. The van der Waals surface area contributed by atoms with E-state index < -0.39 is 133 Å². The Hall–Kier alpha value is -3.71. The maximum Gasteiger partial charge on any atom is 0.239 e. The molecule has 20 nitrogen and oxygen atoms in total. The fourth-order valence-corrected chi connectivity index (χ4v) is 6.27. The lowest BCUT2D eigenvalue weighted by atomic mass is 9.97. The third-order valence-corrected chi connectivity index (χ3v) is 9.30. The normalized spacial score (nSPS) is 37.8. The number of hydrogen-bond acceptors (Lipinski definition) is 20. The number of aliphatic hydroxyl groups is 9. The van der Waals surface area contributed by atoms with Gasteiger partial charge in [0.2, 0.25) is 17.5 Å². The molecule has 0 spiro atoms. The van der Waals surface area contributed by atoms with E-state index in [1.165, 1.54) is 31.2 Å². The molecule has 292 valence electrons. The highest BCUT2D eigenvalue weighted by atomic mass is 16.7. The first kappa shape index (κ1) is 39.0. The third kappa shape index (κ3) is 7.52. The molecule has 0 unspecified atom stereocenters. The van der Waals surface area contributed by atoms with Crippen molar-refractivity contribution >= 4 is 11.0 Å². The van der Waals surface area contributed by atoms with Gasteiger partial charge in [0.15, 0.2) is 18.3 Å². The summed E-state index contributed by atoms with van der Waals surface area (Å²) in [6.07, 6.45) is -25.6. The van der Waals surface area contributed by atoms with Crippen molar-refractivity contribution in [2.75, 3.05) is 13.2 Å². The molecule has 3 fully saturated rings. The first-order chi connectivity index (χ1) is 25.1. The summed E-state index contributed by atoms with van der Waals surface area (Å²) in [5.74, 6) is -2.19. The third-order valence-electron chi connectivity index (χ3n) is 9.30. The largest absolute Gasteiger partial charge is 0.508 e. The molecule has 0 saturated carbocycles. The van der Waals surface area contributed by atoms with Crippen molar-refractivity contribution in [3.8, 4) is 34.3 Å². The van der Waals surface area contributed by atoms with Gasteiger partial charge in [-0.15, -0.1) is 0 Å². The summed E-state index contributed by atoms with van der Waals surface area (Å²) >= 11 is 0. The van der Waals surface area contributed by atoms with Gasteiger partial charge in [-0.25, -0.2) is 0 Å². The summed E-state index contributed by atoms with van der Waals surface area (Å²) in [5, 5.41) is 124. The quantitative estimate of drug-likeness (QED) is 0.100. The van der Waals surface area contributed by atoms with Crippen molar-refractivity contribution in [1.82, 2.24) is 0 Å². The molecule has 0 aliphatic carbocycles. The molecule has 53 heavy (non-hydrogen) atoms. The van der Waals surface area contributed by atoms with Gasteiger partial charge < -0.3 is 94.1 Å². The maximum absolute atomic E-state index is 13.7. The summed E-state index contributed by atoms with van der Waals surface area (Å²) in [4.78, 5) is 13.7. The Labute approximate surface area is 298 Å². The van der Waals surface area contributed by atoms with Crippen LogP contribution in [0.25, 0.3) is 22.3 Å². The number of phenolic OH excluding ortho intramolecular Hbond substituents is 3. The second-order valence-corrected chi connectivity index (χ2v) is 12.9. The lowest BCUT2D eigenvalue weighted by molar-refractivity contribution is -0.361. The molecule has 0 radical (unpaired) electrons. The molecule has 3 saturated heterocycles. The van der Waals surface area contributed by atoms with Crippen LogP contribution >= 0.6 is 0 Å². The van der Waals surface area contributed by atoms with Crippen LogP contribution in [0.1, 0.15) is 6.92 Å². The lowest BCUT2D eigenvalue weighted by Gasteiger charge is -2.46. The second kappa shape index (κ2) is 15.6. The van der Waals surface area contributed by atoms with Crippen molar-refractivity contribution in [3.05, 3.63) is 46.6 Å². The monoisotopic (exact) mass is 756 g/mol. The van der Waals surface area contributed by atoms with Gasteiger partial charge in [0, 0.05) is 17.7 Å². The summed E-state index contributed by atoms with van der Waals surface area (Å²) in [5.41, 5.74) is -1.09. The average Bonchev–Trinajstić information content (AvgIpc) is 3.12. The van der Waals surface area contributed by atoms with E-state index in [1.54, 1.807) is 0 Å². The van der Waals surface area contributed by atoms with Crippen molar-refractivity contribution in [3.63, 3.8) is 0 Å². The number of benzene rings is 2. The highest BCUT2D eigenvalue weighted by Gasteiger charge is 2.51. The molecule has 2 aromatic carbocycles. The van der Waals surface area contributed by atoms with Gasteiger partial charge in [0.05, 0.1) is 19.3 Å². The second-order valence-electron chi connectivity index (χ2n) is 12.9. The van der Waals surface area contributed by atoms with E-state index >= 15 is 0 Å². The topological polar surface area (TPSA) is 328 Å². The number of phenols is 3. The Kier molecular flexibility index (Phi) is 11.5. The van der Waals surface area contributed by atoms with E-state index in [2.05, 4.69) is 0 Å². The Morgan fingerprint density at radius 2 is 1.30 bits per heavy atom. The molecule has 12 N–H and O–H groups in total. The molecular weight excluding hydrogens is 716 g/mol. The number of aliphatic hydroxyl groups excluding tert-OH is 9. The number of hydrogen-bond donors (Lipinski definition) is 12. The van der Waals surface area contributed by atoms with Gasteiger partial charge in [0.1, 0.15) is 95.4 Å². The summed E-state index contributed by atoms with van der Waals surface area (Å²) < 4.78 is 39.4. The molecule has 3 aliphatic rings. The van der Waals surface area contributed by atoms with E-state index in [0.717, 1.165) is 12.1 Å². The fourth-order valence-electron chi connectivity index (χ4n) is 6.27. The lowest BCUT2D eigenvalue weighted by Crippen LogP contribution is -2.64. The molecular formula is C33H40O20. The van der Waals surface area contributed by atoms with Crippen molar-refractivity contribution < 1.29 is 94.1 Å². The Balaban J connectivity index is 1.22. The highest BCUT2D eigenvalue weighted by Crippen LogP contribution is 2.38. The SMILES string of the molecule is C[C@@H]1O[C@@H](OC[C@H]2O[C@@H](Oc3c(-c4ccc(O)cc4)oc4cc(O)cc(O)c4c3=O)[C@@H](O)[C@@H](O)[C@H]2O)[C@H](O)[C@H](O[C@@H]2O[C@H](CO)[C@@H](O)[C@H](O)[C@H]2O)[C@H]1O. The van der Waals surface area contributed by atoms with Crippen LogP contribution in [-0.4, -0.2) is 167 Å². The van der Waals surface area contributed by atoms with Crippen LogP contribution in [0.15, 0.2) is 45.6 Å². The minimum Gasteiger partial charge on any atom is -0.508 e. The molecule has 20 heteroatoms. The highest BCUT2D eigenvalue weighted by molar-refractivity contribution is 5.88. The smallest absolute Gasteiger partial charge is 0.239 e. The van der Waals surface area contributed by atoms with Crippen LogP contribution in [0.3, 0.4) is 0 Å². The van der Waals surface area contributed by atoms with E-state index in [4.69, 9.17) is 32.8 Å². The molecule has 3 aliphatic heterocycles. The van der Waals surface area contributed by atoms with Crippen molar-refractivity contribution in [2.45, 2.75) is 99.0 Å². The summed E-state index contributed by atoms with van der Waals surface area (Å²) in [7, 11) is 0. The summed E-state index contributed by atoms with van der Waals surface area (Å²) in [6.45, 7) is -0.0799. The first-order valence-corrected chi connectivity index (χ1v) is 16.4. The number of aromatic hydroxyl groups is 3. The average molecular weight is 757 g/mol. The van der Waals surface area contributed by atoms with Gasteiger partial charge >= 0.3 is 0 Å². The minimum atomic E-state index is -2.00. The zero-order valence-corrected chi connectivity index (χ0v) is 27.7. The van der Waals surface area contributed by atoms with Crippen molar-refractivity contribution in [2.24, 2.45) is 0 Å². The van der Waals surface area contributed by atoms with Crippen LogP contribution < -0.4 is 10.2 Å². The molecule has 3 aromatic rings. The predicted octanol–water partition coefficient (Wildman–Crippen LogP) is -3.57. The standard InChI is InChI=1S/C33H40O20/c1-10-19(38)29(52-32-25(44)23(42)20(39)16(8-34)50-32)27(46)31(48-10)47-9-17-21(40)24(43)26(45)33(51-17)53-30-22(41)18-14(37)6-13(36)7-15(18)49-28(30)11-2-4-12(35)5-3-11/h2-7,10,16-17,19-21,23-27,29,31-40,42-46H,8-9H2,1H3/t10-,16+,17+,19-,20+,21-,23-,24-,25+,26-,27+,29+,31+,32-,33-/m0/s1. The predicted molar refractivity (Wildman–Crippen MR) is 171 cm³/mol. The van der Waals surface area contributed by atoms with Crippen LogP contribution in [0.5, 0.6) is 23.0 Å². The van der Waals surface area contributed by atoms with E-state index in [-0.39, 0.29) is 22.7 Å². The molecule has 6 rings (SSSR count). The number of ether oxygens (including phenoxy) is 6. The molecule has 4 heterocycles. The van der Waals surface area contributed by atoms with Crippen LogP contribution in [0, 0.1) is 0 Å². The maximum atomic E-state index is 13.7. The first-order valence-electron chi connectivity index (χ1n) is 16.4. The Morgan fingerprint density at radius 1 is 0.679 bits per heavy atom. The summed E-state index contributed by atoms with van der Waals surface area (Å²) in [6, 6.07) is 7.18. The van der Waals surface area contributed by atoms with Crippen LogP contribution in [0.2, 0.25) is 0 Å². The fraction of sp³-hybridized carbons (Fsp3) is 0.545. The van der Waals surface area contributed by atoms with Crippen molar-refractivity contribution in [1.29, 1.82) is 0 Å². The number of rotatable bonds is 9. The number of fused-ring (bicyclic) bond motifs is 1. The van der Waals surface area contributed by atoms with Gasteiger partial charge in [-0.2, -0.15) is 0 Å². The van der Waals surface area contributed by atoms with E-state index in [0.29, 0.717) is 0 Å². The zero-order valence-electron chi connectivity index (χ0n) is 27.7. The van der Waals surface area contributed by atoms with Gasteiger partial charge in [-0.3, -0.25) is 4.79 Å². The van der Waals surface area contributed by atoms with Gasteiger partial charge in [0.25, 0.3) is 0 Å². The van der Waals surface area contributed by atoms with E-state index in [9.17, 15) is 66.1 Å². The van der Waals surface area contributed by atoms with Crippen LogP contribution in [0.4, 0.5) is 0 Å². The molecule has 1 aromatic heterocycles. The molecule has 15 atom stereocenters.